The predicted molar refractivity (Wildman–Crippen MR) is 94.0 cm³/mol. The Morgan fingerprint density at radius 3 is 2.71 bits per heavy atom. The van der Waals surface area contributed by atoms with Gasteiger partial charge < -0.3 is 20.7 Å². The van der Waals surface area contributed by atoms with Crippen LogP contribution in [-0.4, -0.2) is 48.7 Å². The van der Waals surface area contributed by atoms with Gasteiger partial charge in [0, 0.05) is 25.0 Å². The molecule has 2 fully saturated rings. The van der Waals surface area contributed by atoms with Gasteiger partial charge in [0.1, 0.15) is 0 Å². The predicted octanol–water partition coefficient (Wildman–Crippen LogP) is 2.07. The molecule has 2 aliphatic rings. The molecule has 0 spiro atoms. The van der Waals surface area contributed by atoms with Crippen molar-refractivity contribution in [2.45, 2.75) is 44.2 Å². The smallest absolute Gasteiger partial charge is 0.409 e. The van der Waals surface area contributed by atoms with Gasteiger partial charge in [0.15, 0.2) is 5.96 Å². The normalized spacial score (nSPS) is 24.5. The SMILES string of the molecule is CCOC(=O)N1CCC(NC(N)=NC2CC2c2ccccc2)CC1. The molecule has 1 heterocycles. The quantitative estimate of drug-likeness (QED) is 0.654. The first-order chi connectivity index (χ1) is 11.7. The lowest BCUT2D eigenvalue weighted by molar-refractivity contribution is 0.0963. The van der Waals surface area contributed by atoms with E-state index in [2.05, 4.69) is 34.6 Å². The van der Waals surface area contributed by atoms with Crippen LogP contribution in [0.1, 0.15) is 37.7 Å². The highest BCUT2D eigenvalue weighted by atomic mass is 16.6. The van der Waals surface area contributed by atoms with Crippen LogP contribution in [0.15, 0.2) is 35.3 Å². The van der Waals surface area contributed by atoms with Crippen LogP contribution >= 0.6 is 0 Å². The lowest BCUT2D eigenvalue weighted by Gasteiger charge is -2.31. The molecule has 0 radical (unpaired) electrons. The van der Waals surface area contributed by atoms with Crippen molar-refractivity contribution in [1.82, 2.24) is 10.2 Å². The van der Waals surface area contributed by atoms with Gasteiger partial charge in [0.2, 0.25) is 0 Å². The van der Waals surface area contributed by atoms with Crippen molar-refractivity contribution in [3.05, 3.63) is 35.9 Å². The topological polar surface area (TPSA) is 80.0 Å². The molecule has 2 unspecified atom stereocenters. The van der Waals surface area contributed by atoms with Crippen molar-refractivity contribution in [3.63, 3.8) is 0 Å². The molecule has 24 heavy (non-hydrogen) atoms. The molecule has 1 aliphatic carbocycles. The molecular formula is C18H26N4O2. The standard InChI is InChI=1S/C18H26N4O2/c1-2-24-18(23)22-10-8-14(9-11-22)20-17(19)21-16-12-15(16)13-6-4-3-5-7-13/h3-7,14-16H,2,8-12H2,1H3,(H3,19,20,21). The molecule has 0 bridgehead atoms. The highest BCUT2D eigenvalue weighted by Crippen LogP contribution is 2.43. The van der Waals surface area contributed by atoms with Gasteiger partial charge in [0.05, 0.1) is 12.6 Å². The third kappa shape index (κ3) is 4.19. The summed E-state index contributed by atoms with van der Waals surface area (Å²) in [6, 6.07) is 11.0. The zero-order chi connectivity index (χ0) is 16.9. The van der Waals surface area contributed by atoms with E-state index in [0.29, 0.717) is 37.6 Å². The highest BCUT2D eigenvalue weighted by Gasteiger charge is 2.38. The van der Waals surface area contributed by atoms with Crippen molar-refractivity contribution >= 4 is 12.1 Å². The van der Waals surface area contributed by atoms with Crippen LogP contribution in [0.4, 0.5) is 4.79 Å². The number of carbonyl (C=O) groups excluding carboxylic acids is 1. The summed E-state index contributed by atoms with van der Waals surface area (Å²) in [5.74, 6) is 1.02. The number of amides is 1. The Hall–Kier alpha value is -2.24. The first kappa shape index (κ1) is 16.6. The second kappa shape index (κ2) is 7.55. The number of nitrogens with zero attached hydrogens (tertiary/aromatic N) is 2. The maximum atomic E-state index is 11.7. The minimum absolute atomic E-state index is 0.221. The molecule has 3 N–H and O–H groups in total. The highest BCUT2D eigenvalue weighted by molar-refractivity contribution is 5.78. The summed E-state index contributed by atoms with van der Waals surface area (Å²) in [5.41, 5.74) is 7.40. The largest absolute Gasteiger partial charge is 0.450 e. The lowest BCUT2D eigenvalue weighted by Crippen LogP contribution is -2.48. The third-order valence-electron chi connectivity index (χ3n) is 4.66. The number of aliphatic imine (C=N–C) groups is 1. The van der Waals surface area contributed by atoms with E-state index in [1.165, 1.54) is 5.56 Å². The summed E-state index contributed by atoms with van der Waals surface area (Å²) < 4.78 is 5.03. The fourth-order valence-electron chi connectivity index (χ4n) is 3.23. The minimum Gasteiger partial charge on any atom is -0.450 e. The number of hydrogen-bond donors (Lipinski definition) is 2. The molecule has 6 nitrogen and oxygen atoms in total. The second-order valence-corrected chi connectivity index (χ2v) is 6.44. The number of hydrogen-bond acceptors (Lipinski definition) is 3. The zero-order valence-electron chi connectivity index (χ0n) is 14.1. The van der Waals surface area contributed by atoms with E-state index in [1.54, 1.807) is 4.90 Å². The maximum Gasteiger partial charge on any atom is 0.409 e. The number of benzene rings is 1. The fourth-order valence-corrected chi connectivity index (χ4v) is 3.23. The maximum absolute atomic E-state index is 11.7. The van der Waals surface area contributed by atoms with E-state index < -0.39 is 0 Å². The Kier molecular flexibility index (Phi) is 5.23. The van der Waals surface area contributed by atoms with Gasteiger partial charge in [0.25, 0.3) is 0 Å². The second-order valence-electron chi connectivity index (χ2n) is 6.44. The molecule has 0 aromatic heterocycles. The summed E-state index contributed by atoms with van der Waals surface area (Å²) in [7, 11) is 0. The van der Waals surface area contributed by atoms with Crippen molar-refractivity contribution in [2.75, 3.05) is 19.7 Å². The summed E-state index contributed by atoms with van der Waals surface area (Å²) >= 11 is 0. The number of carbonyl (C=O) groups is 1. The number of guanidine groups is 1. The van der Waals surface area contributed by atoms with Gasteiger partial charge in [-0.15, -0.1) is 0 Å². The Morgan fingerprint density at radius 2 is 2.04 bits per heavy atom. The molecule has 2 atom stereocenters. The lowest BCUT2D eigenvalue weighted by atomic mass is 10.1. The van der Waals surface area contributed by atoms with Crippen LogP contribution in [0.25, 0.3) is 0 Å². The molecule has 1 aliphatic heterocycles. The van der Waals surface area contributed by atoms with Gasteiger partial charge in [-0.25, -0.2) is 9.79 Å². The molecular weight excluding hydrogens is 304 g/mol. The fraction of sp³-hybridized carbons (Fsp3) is 0.556. The first-order valence-corrected chi connectivity index (χ1v) is 8.73. The Morgan fingerprint density at radius 1 is 1.33 bits per heavy atom. The molecule has 6 heteroatoms. The van der Waals surface area contributed by atoms with Crippen LogP contribution < -0.4 is 11.1 Å². The molecule has 1 saturated heterocycles. The molecule has 3 rings (SSSR count). The summed E-state index contributed by atoms with van der Waals surface area (Å²) in [6.07, 6.45) is 2.57. The van der Waals surface area contributed by atoms with Crippen LogP contribution in [0, 0.1) is 0 Å². The van der Waals surface area contributed by atoms with Crippen LogP contribution in [0.5, 0.6) is 0 Å². The minimum atomic E-state index is -0.221. The van der Waals surface area contributed by atoms with E-state index in [0.717, 1.165) is 19.3 Å². The summed E-state index contributed by atoms with van der Waals surface area (Å²) in [4.78, 5) is 18.0. The summed E-state index contributed by atoms with van der Waals surface area (Å²) in [6.45, 7) is 3.63. The van der Waals surface area contributed by atoms with Crippen LogP contribution in [0.3, 0.4) is 0 Å². The Bertz CT molecular complexity index is 582. The van der Waals surface area contributed by atoms with Crippen molar-refractivity contribution in [1.29, 1.82) is 0 Å². The van der Waals surface area contributed by atoms with E-state index in [1.807, 2.05) is 13.0 Å². The van der Waals surface area contributed by atoms with Gasteiger partial charge in [-0.3, -0.25) is 0 Å². The average molecular weight is 330 g/mol. The van der Waals surface area contributed by atoms with E-state index in [-0.39, 0.29) is 12.1 Å². The Balaban J connectivity index is 1.43. The van der Waals surface area contributed by atoms with E-state index >= 15 is 0 Å². The summed E-state index contributed by atoms with van der Waals surface area (Å²) in [5, 5.41) is 3.30. The Labute approximate surface area is 143 Å². The van der Waals surface area contributed by atoms with Gasteiger partial charge >= 0.3 is 6.09 Å². The van der Waals surface area contributed by atoms with E-state index in [9.17, 15) is 4.79 Å². The third-order valence-corrected chi connectivity index (χ3v) is 4.66. The van der Waals surface area contributed by atoms with Gasteiger partial charge in [-0.05, 0) is 31.7 Å². The first-order valence-electron chi connectivity index (χ1n) is 8.73. The number of piperidine rings is 1. The number of likely N-dealkylation sites (tertiary alicyclic amines) is 1. The average Bonchev–Trinajstić information content (AvgIpc) is 3.35. The molecule has 1 amide bonds. The van der Waals surface area contributed by atoms with Gasteiger partial charge in [-0.2, -0.15) is 0 Å². The van der Waals surface area contributed by atoms with Crippen LogP contribution in [0.2, 0.25) is 0 Å². The van der Waals surface area contributed by atoms with Gasteiger partial charge in [-0.1, -0.05) is 30.3 Å². The van der Waals surface area contributed by atoms with Crippen molar-refractivity contribution in [2.24, 2.45) is 10.7 Å². The number of ether oxygens (including phenoxy) is 1. The number of nitrogens with two attached hydrogens (primary N) is 1. The van der Waals surface area contributed by atoms with Crippen molar-refractivity contribution in [3.8, 4) is 0 Å². The number of nitrogens with one attached hydrogen (secondary N) is 1. The number of rotatable bonds is 4. The zero-order valence-corrected chi connectivity index (χ0v) is 14.1. The molecule has 1 aromatic rings. The van der Waals surface area contributed by atoms with E-state index in [4.69, 9.17) is 10.5 Å². The monoisotopic (exact) mass is 330 g/mol. The molecule has 130 valence electrons. The van der Waals surface area contributed by atoms with Crippen molar-refractivity contribution < 1.29 is 9.53 Å². The molecule has 1 saturated carbocycles. The molecule has 1 aromatic carbocycles. The van der Waals surface area contributed by atoms with Crippen LogP contribution in [-0.2, 0) is 4.74 Å².